The second-order valence-electron chi connectivity index (χ2n) is 10.9. The number of ether oxygens (including phenoxy) is 4. The molecule has 0 bridgehead atoms. The van der Waals surface area contributed by atoms with Crippen LogP contribution in [-0.4, -0.2) is 71.2 Å². The first kappa shape index (κ1) is 31.4. The van der Waals surface area contributed by atoms with Crippen molar-refractivity contribution in [2.75, 3.05) is 66.1 Å². The Bertz CT molecular complexity index is 1320. The summed E-state index contributed by atoms with van der Waals surface area (Å²) in [5.41, 5.74) is 5.56. The summed E-state index contributed by atoms with van der Waals surface area (Å²) in [4.78, 5) is 4.41. The number of hydrogen-bond donors (Lipinski definition) is 1. The summed E-state index contributed by atoms with van der Waals surface area (Å²) in [6, 6.07) is 15.0. The van der Waals surface area contributed by atoms with Crippen molar-refractivity contribution in [2.45, 2.75) is 45.1 Å². The molecule has 1 aliphatic rings. The molecular formula is C34H45FN2O5. The number of likely N-dealkylation sites (N-methyl/N-ethyl adjacent to an activating group) is 1. The first-order valence-electron chi connectivity index (χ1n) is 14.8. The zero-order valence-electron chi connectivity index (χ0n) is 25.6. The van der Waals surface area contributed by atoms with Gasteiger partial charge in [-0.3, -0.25) is 0 Å². The van der Waals surface area contributed by atoms with Gasteiger partial charge in [-0.05, 0) is 98.2 Å². The van der Waals surface area contributed by atoms with Gasteiger partial charge in [-0.1, -0.05) is 12.1 Å². The monoisotopic (exact) mass is 580 g/mol. The fraction of sp³-hybridized carbons (Fsp3) is 0.471. The topological polar surface area (TPSA) is 63.6 Å². The second kappa shape index (κ2) is 15.1. The SMILES string of the molecule is CCN(Cc1ccc(OCCN(C)CCCOC)c(F)c1)c1cc(OC)c(OC)cc1[C@@H]1CCc2cc(O)ccc2C1. The van der Waals surface area contributed by atoms with Gasteiger partial charge < -0.3 is 33.9 Å². The molecule has 0 saturated heterocycles. The van der Waals surface area contributed by atoms with E-state index in [2.05, 4.69) is 22.8 Å². The lowest BCUT2D eigenvalue weighted by molar-refractivity contribution is 0.171. The third-order valence-corrected chi connectivity index (χ3v) is 8.10. The number of aryl methyl sites for hydroxylation is 1. The summed E-state index contributed by atoms with van der Waals surface area (Å²) >= 11 is 0. The molecule has 1 N–H and O–H groups in total. The number of phenols is 1. The van der Waals surface area contributed by atoms with E-state index in [1.165, 1.54) is 16.7 Å². The van der Waals surface area contributed by atoms with E-state index in [0.29, 0.717) is 36.9 Å². The van der Waals surface area contributed by atoms with Crippen LogP contribution >= 0.6 is 0 Å². The number of nitrogens with zero attached hydrogens (tertiary/aromatic N) is 2. The predicted octanol–water partition coefficient (Wildman–Crippen LogP) is 6.19. The molecule has 8 heteroatoms. The molecule has 0 heterocycles. The molecule has 228 valence electrons. The molecule has 0 amide bonds. The van der Waals surface area contributed by atoms with Gasteiger partial charge in [0, 0.05) is 51.6 Å². The van der Waals surface area contributed by atoms with E-state index < -0.39 is 0 Å². The lowest BCUT2D eigenvalue weighted by atomic mass is 9.79. The largest absolute Gasteiger partial charge is 0.508 e. The van der Waals surface area contributed by atoms with E-state index in [1.54, 1.807) is 39.5 Å². The molecule has 3 aromatic rings. The summed E-state index contributed by atoms with van der Waals surface area (Å²) in [7, 11) is 7.03. The van der Waals surface area contributed by atoms with Crippen LogP contribution in [0.25, 0.3) is 0 Å². The smallest absolute Gasteiger partial charge is 0.165 e. The summed E-state index contributed by atoms with van der Waals surface area (Å²) in [5.74, 6) is 1.85. The average Bonchev–Trinajstić information content (AvgIpc) is 3.00. The molecule has 0 spiro atoms. The first-order chi connectivity index (χ1) is 20.4. The lowest BCUT2D eigenvalue weighted by Crippen LogP contribution is -2.26. The number of benzene rings is 3. The molecule has 0 aliphatic heterocycles. The fourth-order valence-corrected chi connectivity index (χ4v) is 5.74. The molecule has 0 aromatic heterocycles. The van der Waals surface area contributed by atoms with Crippen molar-refractivity contribution in [3.05, 3.63) is 76.6 Å². The van der Waals surface area contributed by atoms with Crippen LogP contribution in [0.4, 0.5) is 10.1 Å². The Hall–Kier alpha value is -3.49. The summed E-state index contributed by atoms with van der Waals surface area (Å²) in [6.45, 7) is 6.13. The average molecular weight is 581 g/mol. The van der Waals surface area contributed by atoms with Gasteiger partial charge in [0.25, 0.3) is 0 Å². The number of halogens is 1. The van der Waals surface area contributed by atoms with Gasteiger partial charge in [0.15, 0.2) is 23.1 Å². The highest BCUT2D eigenvalue weighted by molar-refractivity contribution is 5.64. The van der Waals surface area contributed by atoms with Gasteiger partial charge in [-0.2, -0.15) is 0 Å². The van der Waals surface area contributed by atoms with Gasteiger partial charge in [0.1, 0.15) is 12.4 Å². The Morgan fingerprint density at radius 2 is 1.69 bits per heavy atom. The van der Waals surface area contributed by atoms with Crippen molar-refractivity contribution in [1.82, 2.24) is 4.90 Å². The Morgan fingerprint density at radius 3 is 2.40 bits per heavy atom. The van der Waals surface area contributed by atoms with Crippen molar-refractivity contribution in [3.63, 3.8) is 0 Å². The number of rotatable bonds is 15. The minimum absolute atomic E-state index is 0.269. The van der Waals surface area contributed by atoms with E-state index in [0.717, 1.165) is 56.6 Å². The highest BCUT2D eigenvalue weighted by Gasteiger charge is 2.26. The van der Waals surface area contributed by atoms with Crippen molar-refractivity contribution in [3.8, 4) is 23.0 Å². The lowest BCUT2D eigenvalue weighted by Gasteiger charge is -2.32. The van der Waals surface area contributed by atoms with E-state index in [9.17, 15) is 5.11 Å². The third-order valence-electron chi connectivity index (χ3n) is 8.10. The van der Waals surface area contributed by atoms with E-state index in [-0.39, 0.29) is 17.5 Å². The summed E-state index contributed by atoms with van der Waals surface area (Å²) in [5, 5.41) is 9.95. The van der Waals surface area contributed by atoms with E-state index >= 15 is 4.39 Å². The molecule has 1 atom stereocenters. The van der Waals surface area contributed by atoms with E-state index in [4.69, 9.17) is 18.9 Å². The van der Waals surface area contributed by atoms with Crippen LogP contribution in [0.5, 0.6) is 23.0 Å². The Kier molecular flexibility index (Phi) is 11.3. The van der Waals surface area contributed by atoms with Gasteiger partial charge in [0.2, 0.25) is 0 Å². The number of phenolic OH excluding ortho intramolecular Hbond substituents is 1. The molecule has 4 rings (SSSR count). The number of anilines is 1. The van der Waals surface area contributed by atoms with Crippen LogP contribution in [0, 0.1) is 5.82 Å². The van der Waals surface area contributed by atoms with Crippen LogP contribution in [0.3, 0.4) is 0 Å². The fourth-order valence-electron chi connectivity index (χ4n) is 5.74. The second-order valence-corrected chi connectivity index (χ2v) is 10.9. The zero-order valence-corrected chi connectivity index (χ0v) is 25.6. The maximum atomic E-state index is 15.1. The quantitative estimate of drug-likeness (QED) is 0.215. The number of methoxy groups -OCH3 is 3. The summed E-state index contributed by atoms with van der Waals surface area (Å²) in [6.07, 6.45) is 3.67. The van der Waals surface area contributed by atoms with E-state index in [1.807, 2.05) is 31.3 Å². The number of fused-ring (bicyclic) bond motifs is 1. The molecular weight excluding hydrogens is 535 g/mol. The Balaban J connectivity index is 1.52. The zero-order chi connectivity index (χ0) is 30.1. The van der Waals surface area contributed by atoms with Crippen molar-refractivity contribution in [1.29, 1.82) is 0 Å². The van der Waals surface area contributed by atoms with Crippen molar-refractivity contribution >= 4 is 5.69 Å². The highest BCUT2D eigenvalue weighted by atomic mass is 19.1. The molecule has 0 unspecified atom stereocenters. The molecule has 0 saturated carbocycles. The van der Waals surface area contributed by atoms with Gasteiger partial charge >= 0.3 is 0 Å². The molecule has 0 fully saturated rings. The standard InChI is InChI=1S/C34H45FN2O5/c1-6-37(23-24-8-13-32(30(35)18-24)42-17-15-36(2)14-7-16-39-3)31-22-34(41-5)33(40-4)21-29(31)27-10-9-26-20-28(38)12-11-25(26)19-27/h8,11-13,18,20-22,27,38H,6-7,9-10,14-17,19,23H2,1-5H3/t27-/m1/s1. The first-order valence-corrected chi connectivity index (χ1v) is 14.8. The molecule has 7 nitrogen and oxygen atoms in total. The van der Waals surface area contributed by atoms with Crippen LogP contribution in [0.1, 0.15) is 47.9 Å². The number of aromatic hydroxyl groups is 1. The minimum atomic E-state index is -0.356. The van der Waals surface area contributed by atoms with Gasteiger partial charge in [0.05, 0.1) is 14.2 Å². The molecule has 3 aromatic carbocycles. The predicted molar refractivity (Wildman–Crippen MR) is 165 cm³/mol. The van der Waals surface area contributed by atoms with Crippen LogP contribution in [-0.2, 0) is 24.1 Å². The van der Waals surface area contributed by atoms with Crippen molar-refractivity contribution < 1.29 is 28.4 Å². The normalized spacial score (nSPS) is 14.5. The molecule has 1 aliphatic carbocycles. The maximum Gasteiger partial charge on any atom is 0.165 e. The van der Waals surface area contributed by atoms with Crippen molar-refractivity contribution in [2.24, 2.45) is 0 Å². The maximum absolute atomic E-state index is 15.1. The number of hydrogen-bond acceptors (Lipinski definition) is 7. The summed E-state index contributed by atoms with van der Waals surface area (Å²) < 4.78 is 37.4. The Labute approximate surface area is 249 Å². The van der Waals surface area contributed by atoms with Crippen LogP contribution < -0.4 is 19.1 Å². The Morgan fingerprint density at radius 1 is 0.905 bits per heavy atom. The molecule has 42 heavy (non-hydrogen) atoms. The third kappa shape index (κ3) is 7.86. The highest BCUT2D eigenvalue weighted by Crippen LogP contribution is 2.43. The van der Waals surface area contributed by atoms with Gasteiger partial charge in [-0.15, -0.1) is 0 Å². The van der Waals surface area contributed by atoms with Crippen LogP contribution in [0.15, 0.2) is 48.5 Å². The van der Waals surface area contributed by atoms with Crippen LogP contribution in [0.2, 0.25) is 0 Å². The van der Waals surface area contributed by atoms with Gasteiger partial charge in [-0.25, -0.2) is 4.39 Å². The minimum Gasteiger partial charge on any atom is -0.508 e. The molecule has 0 radical (unpaired) electrons.